The fraction of sp³-hybridized carbons (Fsp3) is 0.577. The molecule has 13 nitrogen and oxygen atoms in total. The number of hydrogen-bond donors (Lipinski definition) is 7. The van der Waals surface area contributed by atoms with Crippen molar-refractivity contribution in [1.29, 1.82) is 0 Å². The summed E-state index contributed by atoms with van der Waals surface area (Å²) in [5.41, 5.74) is 13.2. The number of carbonyl (C=O) groups excluding carboxylic acids is 3. The molecule has 4 aliphatic heterocycles. The van der Waals surface area contributed by atoms with Crippen molar-refractivity contribution in [2.24, 2.45) is 16.5 Å². The maximum absolute atomic E-state index is 13.6. The summed E-state index contributed by atoms with van der Waals surface area (Å²) in [7, 11) is 0. The molecule has 3 amide bonds. The van der Waals surface area contributed by atoms with Crippen molar-refractivity contribution in [2.75, 3.05) is 13.1 Å². The number of benzene rings is 1. The summed E-state index contributed by atoms with van der Waals surface area (Å²) in [4.78, 5) is 48.3. The number of imide groups is 1. The van der Waals surface area contributed by atoms with Gasteiger partial charge in [-0.1, -0.05) is 26.0 Å². The molecule has 0 aromatic heterocycles. The van der Waals surface area contributed by atoms with Gasteiger partial charge in [0.05, 0.1) is 13.1 Å². The van der Waals surface area contributed by atoms with E-state index in [0.29, 0.717) is 5.56 Å². The number of amides is 3. The highest BCUT2D eigenvalue weighted by atomic mass is 16.5. The molecule has 5 aliphatic rings. The van der Waals surface area contributed by atoms with Gasteiger partial charge in [0.25, 0.3) is 11.6 Å². The Morgan fingerprint density at radius 3 is 2.64 bits per heavy atom. The van der Waals surface area contributed by atoms with Crippen LogP contribution in [0.4, 0.5) is 0 Å². The van der Waals surface area contributed by atoms with Crippen LogP contribution in [0, 0.1) is 0 Å². The number of hydrogen-bond acceptors (Lipinski definition) is 10. The molecule has 0 saturated carbocycles. The summed E-state index contributed by atoms with van der Waals surface area (Å²) >= 11 is 0. The first-order chi connectivity index (χ1) is 18.4. The predicted molar refractivity (Wildman–Crippen MR) is 139 cm³/mol. The Kier molecular flexibility index (Phi) is 5.50. The lowest BCUT2D eigenvalue weighted by atomic mass is 9.71. The maximum Gasteiger partial charge on any atom is 0.343 e. The Balaban J connectivity index is 1.32. The quantitative estimate of drug-likeness (QED) is 0.149. The number of carbonyl (C=O) groups is 3. The van der Waals surface area contributed by atoms with Crippen LogP contribution in [0.1, 0.15) is 61.0 Å². The number of fused-ring (bicyclic) bond motifs is 1. The van der Waals surface area contributed by atoms with E-state index in [1.54, 1.807) is 6.07 Å². The molecule has 2 fully saturated rings. The zero-order valence-electron chi connectivity index (χ0n) is 22.0. The van der Waals surface area contributed by atoms with Crippen LogP contribution in [0.25, 0.3) is 0 Å². The van der Waals surface area contributed by atoms with Crippen LogP contribution in [-0.4, -0.2) is 92.3 Å². The van der Waals surface area contributed by atoms with E-state index < -0.39 is 35.5 Å². The van der Waals surface area contributed by atoms with Gasteiger partial charge in [0.2, 0.25) is 17.6 Å². The molecule has 0 radical (unpaired) electrons. The topological polar surface area (TPSA) is 201 Å². The van der Waals surface area contributed by atoms with E-state index in [1.807, 2.05) is 12.1 Å². The van der Waals surface area contributed by atoms with Crippen LogP contribution in [0.15, 0.2) is 23.2 Å². The number of rotatable bonds is 4. The van der Waals surface area contributed by atoms with Gasteiger partial charge in [0, 0.05) is 18.4 Å². The normalized spacial score (nSPS) is 32.2. The van der Waals surface area contributed by atoms with Crippen molar-refractivity contribution in [1.82, 2.24) is 20.4 Å². The second-order valence-electron chi connectivity index (χ2n) is 11.8. The third kappa shape index (κ3) is 3.55. The standard InChI is InChI=1S/C26H34N8O5/c1-24(2)10-4-6-13-14(5-3-7-15(13)24)21(37)30-17-12-34-23(28)29-16(11-33-18(35)8-9-19(33)36)20-25(34,26(17,38)39)32-22(27)31-20/h3,5,7,16-17,20,38-39H,4,6,8-12H2,1-2H3,(H2,28,29)(H,30,37)(H3,27,31,32)/p+1/t16-,17?,20-,25-/m0/s1. The van der Waals surface area contributed by atoms with Crippen LogP contribution in [0.2, 0.25) is 0 Å². The summed E-state index contributed by atoms with van der Waals surface area (Å²) in [5.74, 6) is -3.61. The number of guanidine groups is 2. The van der Waals surface area contributed by atoms with E-state index in [1.165, 1.54) is 4.90 Å². The minimum atomic E-state index is -2.58. The third-order valence-electron chi connectivity index (χ3n) is 9.09. The van der Waals surface area contributed by atoms with Gasteiger partial charge in [-0.2, -0.15) is 0 Å². The highest BCUT2D eigenvalue weighted by molar-refractivity contribution is 6.02. The van der Waals surface area contributed by atoms with E-state index in [2.05, 4.69) is 34.5 Å². The Bertz CT molecular complexity index is 1320. The molecule has 4 heterocycles. The van der Waals surface area contributed by atoms with Crippen LogP contribution in [-0.2, 0) is 21.4 Å². The monoisotopic (exact) mass is 539 g/mol. The molecule has 39 heavy (non-hydrogen) atoms. The molecular weight excluding hydrogens is 504 g/mol. The highest BCUT2D eigenvalue weighted by Crippen LogP contribution is 2.42. The van der Waals surface area contributed by atoms with E-state index in [4.69, 9.17) is 11.5 Å². The fourth-order valence-electron chi connectivity index (χ4n) is 7.12. The molecule has 2 saturated heterocycles. The second-order valence-corrected chi connectivity index (χ2v) is 11.8. The summed E-state index contributed by atoms with van der Waals surface area (Å²) in [6, 6.07) is 2.78. The summed E-state index contributed by atoms with van der Waals surface area (Å²) < 4.78 is 0. The molecule has 6 rings (SSSR count). The Hall–Kier alpha value is -3.71. The van der Waals surface area contributed by atoms with Crippen LogP contribution in [0.5, 0.6) is 0 Å². The molecule has 0 bridgehead atoms. The first kappa shape index (κ1) is 25.6. The number of nitrogens with zero attached hydrogens (tertiary/aromatic N) is 3. The third-order valence-corrected chi connectivity index (χ3v) is 9.09. The molecule has 1 aliphatic carbocycles. The van der Waals surface area contributed by atoms with E-state index in [-0.39, 0.29) is 55.1 Å². The molecule has 1 spiro atoms. The minimum Gasteiger partial charge on any atom is -0.370 e. The number of nitrogens with two attached hydrogens (primary N) is 2. The van der Waals surface area contributed by atoms with E-state index >= 15 is 0 Å². The van der Waals surface area contributed by atoms with Gasteiger partial charge >= 0.3 is 5.96 Å². The molecule has 9 N–H and O–H groups in total. The molecule has 1 aromatic carbocycles. The van der Waals surface area contributed by atoms with Crippen LogP contribution < -0.4 is 27.1 Å². The van der Waals surface area contributed by atoms with Gasteiger partial charge in [-0.25, -0.2) is 10.3 Å². The van der Waals surface area contributed by atoms with Gasteiger partial charge in [-0.3, -0.25) is 34.9 Å². The Labute approximate surface area is 225 Å². The molecular formula is C26H35N8O5+. The van der Waals surface area contributed by atoms with Gasteiger partial charge in [-0.15, -0.1) is 0 Å². The zero-order chi connectivity index (χ0) is 27.9. The number of likely N-dealkylation sites (tertiary alicyclic amines) is 1. The smallest absolute Gasteiger partial charge is 0.343 e. The van der Waals surface area contributed by atoms with Crippen molar-refractivity contribution in [3.05, 3.63) is 34.9 Å². The maximum atomic E-state index is 13.6. The number of aliphatic hydroxyl groups is 2. The predicted octanol–water partition coefficient (Wildman–Crippen LogP) is -3.70. The lowest BCUT2D eigenvalue weighted by molar-refractivity contribution is -0.521. The average Bonchev–Trinajstić information content (AvgIpc) is 3.46. The Morgan fingerprint density at radius 2 is 1.92 bits per heavy atom. The SMILES string of the molecule is CC1(C)CCCc2c(C(=O)NC3CN4C(N)=N[C@@H](CN5C(=O)CCC5=O)[C@@H]5[NH+]=C(N)N[C@@]54C3(O)O)cccc21. The molecule has 208 valence electrons. The van der Waals surface area contributed by atoms with Crippen molar-refractivity contribution < 1.29 is 29.6 Å². The Morgan fingerprint density at radius 1 is 1.21 bits per heavy atom. The van der Waals surface area contributed by atoms with Crippen molar-refractivity contribution in [3.8, 4) is 0 Å². The highest BCUT2D eigenvalue weighted by Gasteiger charge is 2.76. The minimum absolute atomic E-state index is 0.0255. The molecule has 1 aromatic rings. The van der Waals surface area contributed by atoms with E-state index in [9.17, 15) is 24.6 Å². The molecule has 4 atom stereocenters. The largest absolute Gasteiger partial charge is 0.370 e. The molecule has 1 unspecified atom stereocenters. The lowest BCUT2D eigenvalue weighted by Crippen LogP contribution is -2.90. The summed E-state index contributed by atoms with van der Waals surface area (Å²) in [6.07, 6.45) is 2.97. The van der Waals surface area contributed by atoms with Crippen LogP contribution >= 0.6 is 0 Å². The van der Waals surface area contributed by atoms with Gasteiger partial charge in [-0.05, 0) is 41.9 Å². The van der Waals surface area contributed by atoms with Crippen molar-refractivity contribution >= 4 is 29.6 Å². The number of aliphatic imine (C=N–C) groups is 1. The van der Waals surface area contributed by atoms with Crippen LogP contribution in [0.3, 0.4) is 0 Å². The van der Waals surface area contributed by atoms with Gasteiger partial charge in [0.15, 0.2) is 12.0 Å². The molecule has 13 heteroatoms. The summed E-state index contributed by atoms with van der Waals surface area (Å²) in [6.45, 7) is 4.16. The number of nitrogens with one attached hydrogen (secondary N) is 3. The van der Waals surface area contributed by atoms with Crippen molar-refractivity contribution in [3.63, 3.8) is 0 Å². The van der Waals surface area contributed by atoms with Crippen molar-refractivity contribution in [2.45, 2.75) is 80.9 Å². The fourth-order valence-corrected chi connectivity index (χ4v) is 7.12. The van der Waals surface area contributed by atoms with E-state index in [0.717, 1.165) is 35.3 Å². The lowest BCUT2D eigenvalue weighted by Gasteiger charge is -2.46. The zero-order valence-corrected chi connectivity index (χ0v) is 22.0. The first-order valence-electron chi connectivity index (χ1n) is 13.4. The second kappa shape index (κ2) is 8.39. The van der Waals surface area contributed by atoms with Gasteiger partial charge < -0.3 is 21.3 Å². The van der Waals surface area contributed by atoms with Gasteiger partial charge in [0.1, 0.15) is 12.1 Å². The average molecular weight is 540 g/mol. The first-order valence-corrected chi connectivity index (χ1v) is 13.4. The summed E-state index contributed by atoms with van der Waals surface area (Å²) in [5, 5.41) is 29.2.